The Hall–Kier alpha value is -3.67. The summed E-state index contributed by atoms with van der Waals surface area (Å²) in [6, 6.07) is 18.2. The molecule has 0 aliphatic heterocycles. The maximum Gasteiger partial charge on any atom is 0.337 e. The Kier molecular flexibility index (Phi) is 8.58. The van der Waals surface area contributed by atoms with Crippen molar-refractivity contribution in [3.63, 3.8) is 0 Å². The van der Waals surface area contributed by atoms with E-state index >= 15 is 0 Å². The molecule has 33 heavy (non-hydrogen) atoms. The number of carbonyl (C=O) groups is 2. The molecule has 0 aliphatic carbocycles. The lowest BCUT2D eigenvalue weighted by atomic mass is 10.1. The molecule has 0 bridgehead atoms. The van der Waals surface area contributed by atoms with Gasteiger partial charge in [0.15, 0.2) is 0 Å². The number of carbonyl (C=O) groups excluding carboxylic acids is 1. The highest BCUT2D eigenvalue weighted by molar-refractivity contribution is 6.00. The predicted octanol–water partition coefficient (Wildman–Crippen LogP) is 5.37. The number of aromatic nitrogens is 1. The van der Waals surface area contributed by atoms with Gasteiger partial charge in [-0.05, 0) is 47.4 Å². The van der Waals surface area contributed by atoms with Crippen molar-refractivity contribution in [2.75, 3.05) is 11.9 Å². The van der Waals surface area contributed by atoms with Gasteiger partial charge in [-0.2, -0.15) is 0 Å². The molecule has 0 fully saturated rings. The number of para-hydroxylation sites is 1. The molecule has 1 heterocycles. The van der Waals surface area contributed by atoms with E-state index in [0.717, 1.165) is 42.0 Å². The van der Waals surface area contributed by atoms with Crippen molar-refractivity contribution < 1.29 is 19.4 Å². The molecule has 6 nitrogen and oxygen atoms in total. The number of carboxylic acids is 1. The highest BCUT2D eigenvalue weighted by Crippen LogP contribution is 2.18. The molecule has 172 valence electrons. The van der Waals surface area contributed by atoms with Gasteiger partial charge in [0, 0.05) is 18.3 Å². The summed E-state index contributed by atoms with van der Waals surface area (Å²) in [5.41, 5.74) is 3.14. The molecule has 0 spiro atoms. The Morgan fingerprint density at radius 2 is 1.67 bits per heavy atom. The molecule has 1 aromatic heterocycles. The van der Waals surface area contributed by atoms with E-state index in [-0.39, 0.29) is 23.6 Å². The normalized spacial score (nSPS) is 10.8. The first kappa shape index (κ1) is 24.0. The van der Waals surface area contributed by atoms with Gasteiger partial charge in [-0.25, -0.2) is 4.79 Å². The van der Waals surface area contributed by atoms with Crippen LogP contribution in [0.25, 0.3) is 0 Å². The summed E-state index contributed by atoms with van der Waals surface area (Å²) >= 11 is 0. The lowest BCUT2D eigenvalue weighted by Crippen LogP contribution is -2.17. The van der Waals surface area contributed by atoms with Crippen molar-refractivity contribution in [2.24, 2.45) is 5.92 Å². The van der Waals surface area contributed by atoms with Crippen LogP contribution in [0.4, 0.5) is 5.69 Å². The zero-order valence-electron chi connectivity index (χ0n) is 19.1. The van der Waals surface area contributed by atoms with Crippen LogP contribution in [0.2, 0.25) is 0 Å². The maximum atomic E-state index is 12.4. The number of benzene rings is 2. The van der Waals surface area contributed by atoms with E-state index in [0.29, 0.717) is 12.3 Å². The highest BCUT2D eigenvalue weighted by Gasteiger charge is 2.12. The van der Waals surface area contributed by atoms with Gasteiger partial charge in [-0.15, -0.1) is 0 Å². The number of anilines is 1. The van der Waals surface area contributed by atoms with E-state index in [1.165, 1.54) is 6.07 Å². The Bertz CT molecular complexity index is 1060. The second kappa shape index (κ2) is 11.8. The van der Waals surface area contributed by atoms with Crippen LogP contribution < -0.4 is 10.1 Å². The van der Waals surface area contributed by atoms with E-state index in [4.69, 9.17) is 4.74 Å². The zero-order valence-corrected chi connectivity index (χ0v) is 19.1. The summed E-state index contributed by atoms with van der Waals surface area (Å²) < 4.78 is 5.88. The van der Waals surface area contributed by atoms with E-state index in [1.54, 1.807) is 24.4 Å². The molecular weight excluding hydrogens is 416 g/mol. The third kappa shape index (κ3) is 7.17. The SMILES string of the molecule is CCC(CC)COc1ccc(Cc2ccc(CC(=O)Nc3ccccc3C(=O)O)cn2)cc1. The molecule has 3 aromatic rings. The van der Waals surface area contributed by atoms with Gasteiger partial charge in [0.05, 0.1) is 24.3 Å². The van der Waals surface area contributed by atoms with Crippen LogP contribution in [0, 0.1) is 5.92 Å². The second-order valence-corrected chi connectivity index (χ2v) is 8.05. The van der Waals surface area contributed by atoms with Crippen molar-refractivity contribution in [2.45, 2.75) is 39.5 Å². The van der Waals surface area contributed by atoms with E-state index in [9.17, 15) is 14.7 Å². The second-order valence-electron chi connectivity index (χ2n) is 8.05. The van der Waals surface area contributed by atoms with Crippen molar-refractivity contribution >= 4 is 17.6 Å². The monoisotopic (exact) mass is 446 g/mol. The molecule has 6 heteroatoms. The van der Waals surface area contributed by atoms with E-state index < -0.39 is 5.97 Å². The van der Waals surface area contributed by atoms with Crippen LogP contribution >= 0.6 is 0 Å². The zero-order chi connectivity index (χ0) is 23.6. The third-order valence-corrected chi connectivity index (χ3v) is 5.63. The summed E-state index contributed by atoms with van der Waals surface area (Å²) in [4.78, 5) is 28.1. The molecule has 1 amide bonds. The minimum absolute atomic E-state index is 0.0614. The first-order chi connectivity index (χ1) is 16.0. The van der Waals surface area contributed by atoms with Crippen LogP contribution in [-0.4, -0.2) is 28.6 Å². The van der Waals surface area contributed by atoms with Crippen LogP contribution in [0.1, 0.15) is 53.9 Å². The molecule has 0 aliphatic rings. The Morgan fingerprint density at radius 1 is 0.970 bits per heavy atom. The minimum Gasteiger partial charge on any atom is -0.493 e. The van der Waals surface area contributed by atoms with Gasteiger partial charge in [0.2, 0.25) is 5.91 Å². The summed E-state index contributed by atoms with van der Waals surface area (Å²) in [5, 5.41) is 11.9. The van der Waals surface area contributed by atoms with Crippen LogP contribution in [-0.2, 0) is 17.6 Å². The quantitative estimate of drug-likeness (QED) is 0.414. The molecule has 2 aromatic carbocycles. The summed E-state index contributed by atoms with van der Waals surface area (Å²) in [7, 11) is 0. The summed E-state index contributed by atoms with van der Waals surface area (Å²) in [6.07, 6.45) is 4.72. The first-order valence-corrected chi connectivity index (χ1v) is 11.3. The van der Waals surface area contributed by atoms with Gasteiger partial charge in [0.25, 0.3) is 0 Å². The third-order valence-electron chi connectivity index (χ3n) is 5.63. The van der Waals surface area contributed by atoms with Crippen LogP contribution in [0.15, 0.2) is 66.9 Å². The molecule has 0 saturated carbocycles. The number of carboxylic acid groups (broad SMARTS) is 1. The molecule has 0 unspecified atom stereocenters. The van der Waals surface area contributed by atoms with Crippen LogP contribution in [0.3, 0.4) is 0 Å². The Balaban J connectivity index is 1.53. The predicted molar refractivity (Wildman–Crippen MR) is 129 cm³/mol. The molecule has 0 atom stereocenters. The summed E-state index contributed by atoms with van der Waals surface area (Å²) in [6.45, 7) is 5.11. The average molecular weight is 447 g/mol. The number of pyridine rings is 1. The van der Waals surface area contributed by atoms with Gasteiger partial charge in [0.1, 0.15) is 5.75 Å². The lowest BCUT2D eigenvalue weighted by molar-refractivity contribution is -0.115. The molecule has 2 N–H and O–H groups in total. The van der Waals surface area contributed by atoms with E-state index in [1.807, 2.05) is 36.4 Å². The number of aromatic carboxylic acids is 1. The number of nitrogens with zero attached hydrogens (tertiary/aromatic N) is 1. The molecule has 0 saturated heterocycles. The fourth-order valence-electron chi connectivity index (χ4n) is 3.47. The smallest absolute Gasteiger partial charge is 0.337 e. The van der Waals surface area contributed by atoms with Crippen LogP contribution in [0.5, 0.6) is 5.75 Å². The summed E-state index contributed by atoms with van der Waals surface area (Å²) in [5.74, 6) is 0.0932. The maximum absolute atomic E-state index is 12.4. The van der Waals surface area contributed by atoms with E-state index in [2.05, 4.69) is 24.1 Å². The van der Waals surface area contributed by atoms with Gasteiger partial charge in [-0.1, -0.05) is 57.0 Å². The highest BCUT2D eigenvalue weighted by atomic mass is 16.5. The van der Waals surface area contributed by atoms with Crippen molar-refractivity contribution in [1.82, 2.24) is 4.98 Å². The molecular formula is C27H30N2O4. The lowest BCUT2D eigenvalue weighted by Gasteiger charge is -2.14. The van der Waals surface area contributed by atoms with Crippen molar-refractivity contribution in [1.29, 1.82) is 0 Å². The van der Waals surface area contributed by atoms with Crippen molar-refractivity contribution in [3.8, 4) is 5.75 Å². The largest absolute Gasteiger partial charge is 0.493 e. The topological polar surface area (TPSA) is 88.5 Å². The Labute approximate surface area is 194 Å². The number of hydrogen-bond donors (Lipinski definition) is 2. The number of ether oxygens (including phenoxy) is 1. The fourth-order valence-corrected chi connectivity index (χ4v) is 3.47. The first-order valence-electron chi connectivity index (χ1n) is 11.3. The molecule has 3 rings (SSSR count). The van der Waals surface area contributed by atoms with Gasteiger partial charge in [-0.3, -0.25) is 9.78 Å². The minimum atomic E-state index is -1.08. The number of amides is 1. The fraction of sp³-hybridized carbons (Fsp3) is 0.296. The average Bonchev–Trinajstić information content (AvgIpc) is 2.82. The molecule has 0 radical (unpaired) electrons. The number of nitrogens with one attached hydrogen (secondary N) is 1. The number of rotatable bonds is 11. The standard InChI is InChI=1S/C27H30N2O4/c1-3-19(4-2)18-33-23-13-10-20(11-14-23)15-22-12-9-21(17-28-22)16-26(30)29-25-8-6-5-7-24(25)27(31)32/h5-14,17,19H,3-4,15-16,18H2,1-2H3,(H,29,30)(H,31,32). The van der Waals surface area contributed by atoms with Gasteiger partial charge < -0.3 is 15.2 Å². The number of hydrogen-bond acceptors (Lipinski definition) is 4. The van der Waals surface area contributed by atoms with Crippen molar-refractivity contribution in [3.05, 3.63) is 89.2 Å². The van der Waals surface area contributed by atoms with Gasteiger partial charge >= 0.3 is 5.97 Å². The Morgan fingerprint density at radius 3 is 2.30 bits per heavy atom.